The van der Waals surface area contributed by atoms with Crippen LogP contribution in [0.15, 0.2) is 23.2 Å². The van der Waals surface area contributed by atoms with Crippen molar-refractivity contribution >= 4 is 5.96 Å². The van der Waals surface area contributed by atoms with Crippen molar-refractivity contribution in [3.05, 3.63) is 35.4 Å². The van der Waals surface area contributed by atoms with Crippen LogP contribution in [0.25, 0.3) is 0 Å². The van der Waals surface area contributed by atoms with Crippen LogP contribution in [0.4, 0.5) is 8.78 Å². The molecule has 1 aliphatic rings. The van der Waals surface area contributed by atoms with Gasteiger partial charge in [-0.15, -0.1) is 0 Å². The zero-order valence-electron chi connectivity index (χ0n) is 16.1. The number of guanidine groups is 1. The molecule has 2 N–H and O–H groups in total. The molecule has 0 radical (unpaired) electrons. The summed E-state index contributed by atoms with van der Waals surface area (Å²) < 4.78 is 26.9. The molecule has 1 unspecified atom stereocenters. The summed E-state index contributed by atoms with van der Waals surface area (Å²) in [6.45, 7) is 12.1. The van der Waals surface area contributed by atoms with Crippen LogP contribution in [0.2, 0.25) is 0 Å². The van der Waals surface area contributed by atoms with Crippen LogP contribution in [-0.2, 0) is 6.54 Å². The molecule has 0 spiro atoms. The molecular weight excluding hydrogens is 336 g/mol. The van der Waals surface area contributed by atoms with Crippen molar-refractivity contribution in [2.24, 2.45) is 10.9 Å². The smallest absolute Gasteiger partial charge is 0.191 e. The molecule has 0 bridgehead atoms. The molecule has 0 aliphatic carbocycles. The Morgan fingerprint density at radius 3 is 2.50 bits per heavy atom. The first kappa shape index (κ1) is 20.6. The molecule has 1 aromatic rings. The van der Waals surface area contributed by atoms with E-state index in [4.69, 9.17) is 0 Å². The summed E-state index contributed by atoms with van der Waals surface area (Å²) in [5, 5.41) is 6.31. The average Bonchev–Trinajstić information content (AvgIpc) is 2.65. The van der Waals surface area contributed by atoms with Gasteiger partial charge in [0.05, 0.1) is 0 Å². The van der Waals surface area contributed by atoms with Crippen LogP contribution in [0.3, 0.4) is 0 Å². The number of rotatable bonds is 7. The second-order valence-electron chi connectivity index (χ2n) is 6.88. The SMILES string of the molecule is CCN1CCN(CC(C)CNC(=NC)NCc2cc(F)ccc2F)CC1. The lowest BCUT2D eigenvalue weighted by Gasteiger charge is -2.35. The Morgan fingerprint density at radius 1 is 1.15 bits per heavy atom. The molecule has 5 nitrogen and oxygen atoms in total. The van der Waals surface area contributed by atoms with E-state index in [0.717, 1.165) is 57.9 Å². The molecule has 146 valence electrons. The molecule has 1 aliphatic heterocycles. The van der Waals surface area contributed by atoms with Gasteiger partial charge in [0, 0.05) is 58.4 Å². The van der Waals surface area contributed by atoms with Crippen LogP contribution in [-0.4, -0.2) is 68.6 Å². The maximum absolute atomic E-state index is 13.7. The monoisotopic (exact) mass is 367 g/mol. The number of hydrogen-bond acceptors (Lipinski definition) is 3. The Morgan fingerprint density at radius 2 is 1.85 bits per heavy atom. The van der Waals surface area contributed by atoms with Gasteiger partial charge < -0.3 is 20.4 Å². The normalized spacial score (nSPS) is 18.0. The Hall–Kier alpha value is -1.73. The third-order valence-corrected chi connectivity index (χ3v) is 4.78. The molecular formula is C19H31F2N5. The van der Waals surface area contributed by atoms with Crippen LogP contribution >= 0.6 is 0 Å². The maximum Gasteiger partial charge on any atom is 0.191 e. The van der Waals surface area contributed by atoms with Gasteiger partial charge in [-0.05, 0) is 30.7 Å². The predicted molar refractivity (Wildman–Crippen MR) is 102 cm³/mol. The van der Waals surface area contributed by atoms with Crippen LogP contribution in [0.1, 0.15) is 19.4 Å². The standard InChI is InChI=1S/C19H31F2N5/c1-4-25-7-9-26(10-8-25)14-15(2)12-23-19(22-3)24-13-16-11-17(20)5-6-18(16)21/h5-6,11,15H,4,7-10,12-14H2,1-3H3,(H2,22,23,24). The molecule has 0 aromatic heterocycles. The first-order chi connectivity index (χ1) is 12.5. The van der Waals surface area contributed by atoms with Gasteiger partial charge in [0.25, 0.3) is 0 Å². The minimum Gasteiger partial charge on any atom is -0.356 e. The highest BCUT2D eigenvalue weighted by molar-refractivity contribution is 5.79. The van der Waals surface area contributed by atoms with E-state index in [1.54, 1.807) is 7.05 Å². The van der Waals surface area contributed by atoms with E-state index in [1.807, 2.05) is 0 Å². The van der Waals surface area contributed by atoms with Crippen molar-refractivity contribution in [3.63, 3.8) is 0 Å². The lowest BCUT2D eigenvalue weighted by Crippen LogP contribution is -2.48. The average molecular weight is 367 g/mol. The second-order valence-corrected chi connectivity index (χ2v) is 6.88. The number of hydrogen-bond donors (Lipinski definition) is 2. The number of benzene rings is 1. The zero-order valence-corrected chi connectivity index (χ0v) is 16.1. The zero-order chi connectivity index (χ0) is 18.9. The summed E-state index contributed by atoms with van der Waals surface area (Å²) in [6.07, 6.45) is 0. The molecule has 0 amide bonds. The Labute approximate surface area is 155 Å². The first-order valence-electron chi connectivity index (χ1n) is 9.35. The Kier molecular flexibility index (Phi) is 8.25. The van der Waals surface area contributed by atoms with Crippen molar-refractivity contribution in [1.82, 2.24) is 20.4 Å². The number of likely N-dealkylation sites (N-methyl/N-ethyl adjacent to an activating group) is 1. The topological polar surface area (TPSA) is 42.9 Å². The van der Waals surface area contributed by atoms with Crippen LogP contribution < -0.4 is 10.6 Å². The molecule has 26 heavy (non-hydrogen) atoms. The summed E-state index contributed by atoms with van der Waals surface area (Å²) in [5.74, 6) is 0.195. The summed E-state index contributed by atoms with van der Waals surface area (Å²) in [4.78, 5) is 9.12. The van der Waals surface area contributed by atoms with E-state index in [0.29, 0.717) is 11.9 Å². The number of aliphatic imine (C=N–C) groups is 1. The van der Waals surface area contributed by atoms with Gasteiger partial charge >= 0.3 is 0 Å². The number of nitrogens with zero attached hydrogens (tertiary/aromatic N) is 3. The van der Waals surface area contributed by atoms with Crippen molar-refractivity contribution < 1.29 is 8.78 Å². The van der Waals surface area contributed by atoms with E-state index < -0.39 is 11.6 Å². The van der Waals surface area contributed by atoms with Gasteiger partial charge in [0.15, 0.2) is 5.96 Å². The Bertz CT molecular complexity index is 585. The van der Waals surface area contributed by atoms with E-state index in [-0.39, 0.29) is 12.1 Å². The third-order valence-electron chi connectivity index (χ3n) is 4.78. The fraction of sp³-hybridized carbons (Fsp3) is 0.632. The largest absolute Gasteiger partial charge is 0.356 e. The fourth-order valence-electron chi connectivity index (χ4n) is 3.14. The van der Waals surface area contributed by atoms with E-state index in [2.05, 4.69) is 39.3 Å². The fourth-order valence-corrected chi connectivity index (χ4v) is 3.14. The van der Waals surface area contributed by atoms with Crippen molar-refractivity contribution in [3.8, 4) is 0 Å². The second kappa shape index (κ2) is 10.4. The van der Waals surface area contributed by atoms with E-state index in [9.17, 15) is 8.78 Å². The molecule has 1 heterocycles. The highest BCUT2D eigenvalue weighted by Gasteiger charge is 2.17. The maximum atomic E-state index is 13.7. The summed E-state index contributed by atoms with van der Waals surface area (Å²) in [6, 6.07) is 3.46. The summed E-state index contributed by atoms with van der Waals surface area (Å²) in [5.41, 5.74) is 0.287. The minimum atomic E-state index is -0.442. The minimum absolute atomic E-state index is 0.191. The lowest BCUT2D eigenvalue weighted by atomic mass is 10.1. The van der Waals surface area contributed by atoms with Gasteiger partial charge in [-0.1, -0.05) is 13.8 Å². The highest BCUT2D eigenvalue weighted by atomic mass is 19.1. The summed E-state index contributed by atoms with van der Waals surface area (Å²) in [7, 11) is 1.67. The van der Waals surface area contributed by atoms with Gasteiger partial charge in [-0.2, -0.15) is 0 Å². The van der Waals surface area contributed by atoms with Crippen molar-refractivity contribution in [1.29, 1.82) is 0 Å². The lowest BCUT2D eigenvalue weighted by molar-refractivity contribution is 0.124. The molecule has 1 fully saturated rings. The Balaban J connectivity index is 1.72. The molecule has 0 saturated carbocycles. The first-order valence-corrected chi connectivity index (χ1v) is 9.35. The number of nitrogens with one attached hydrogen (secondary N) is 2. The summed E-state index contributed by atoms with van der Waals surface area (Å²) >= 11 is 0. The third kappa shape index (κ3) is 6.53. The van der Waals surface area contributed by atoms with Gasteiger partial charge in [0.1, 0.15) is 11.6 Å². The molecule has 2 rings (SSSR count). The quantitative estimate of drug-likeness (QED) is 0.571. The van der Waals surface area contributed by atoms with Crippen LogP contribution in [0.5, 0.6) is 0 Å². The highest BCUT2D eigenvalue weighted by Crippen LogP contribution is 2.09. The van der Waals surface area contributed by atoms with Gasteiger partial charge in [0.2, 0.25) is 0 Å². The van der Waals surface area contributed by atoms with E-state index >= 15 is 0 Å². The number of piperazine rings is 1. The molecule has 1 saturated heterocycles. The van der Waals surface area contributed by atoms with Crippen molar-refractivity contribution in [2.45, 2.75) is 20.4 Å². The molecule has 7 heteroatoms. The molecule has 1 aromatic carbocycles. The van der Waals surface area contributed by atoms with Gasteiger partial charge in [-0.3, -0.25) is 4.99 Å². The van der Waals surface area contributed by atoms with Crippen LogP contribution in [0, 0.1) is 17.6 Å². The van der Waals surface area contributed by atoms with Crippen molar-refractivity contribution in [2.75, 3.05) is 52.9 Å². The predicted octanol–water partition coefficient (Wildman–Crippen LogP) is 1.90. The molecule has 1 atom stereocenters. The van der Waals surface area contributed by atoms with Gasteiger partial charge in [-0.25, -0.2) is 8.78 Å². The van der Waals surface area contributed by atoms with E-state index in [1.165, 1.54) is 6.07 Å². The number of halogens is 2.